The second kappa shape index (κ2) is 9.87. The Morgan fingerprint density at radius 1 is 1.44 bits per heavy atom. The van der Waals surface area contributed by atoms with E-state index in [4.69, 9.17) is 5.26 Å². The Hall–Kier alpha value is -1.67. The normalized spacial score (nSPS) is 8.62. The van der Waals surface area contributed by atoms with Crippen LogP contribution in [-0.2, 0) is 0 Å². The van der Waals surface area contributed by atoms with Gasteiger partial charge in [-0.3, -0.25) is 0 Å². The molecule has 0 saturated heterocycles. The minimum atomic E-state index is -0.451. The van der Waals surface area contributed by atoms with Crippen molar-refractivity contribution < 1.29 is 4.39 Å². The topological polar surface area (TPSA) is 60.7 Å². The van der Waals surface area contributed by atoms with E-state index >= 15 is 0 Å². The quantitative estimate of drug-likeness (QED) is 0.591. The summed E-state index contributed by atoms with van der Waals surface area (Å²) < 4.78 is 12.6. The van der Waals surface area contributed by atoms with Crippen LogP contribution in [0.4, 0.5) is 10.2 Å². The molecule has 1 heterocycles. The summed E-state index contributed by atoms with van der Waals surface area (Å²) in [5, 5.41) is 13.5. The highest BCUT2D eigenvalue weighted by Crippen LogP contribution is 2.01. The lowest BCUT2D eigenvalue weighted by atomic mass is 10.4. The molecule has 0 aliphatic heterocycles. The predicted molar refractivity (Wildman–Crippen MR) is 62.5 cm³/mol. The molecule has 0 aromatic carbocycles. The molecule has 0 unspecified atom stereocenters. The number of rotatable bonds is 5. The van der Waals surface area contributed by atoms with Crippen LogP contribution >= 0.6 is 0 Å². The smallest absolute Gasteiger partial charge is 0.214 e. The summed E-state index contributed by atoms with van der Waals surface area (Å²) >= 11 is 0. The number of aromatic nitrogens is 1. The van der Waals surface area contributed by atoms with Gasteiger partial charge in [0.2, 0.25) is 5.95 Å². The van der Waals surface area contributed by atoms with Crippen LogP contribution in [0.15, 0.2) is 18.2 Å². The molecule has 1 aromatic rings. The highest BCUT2D eigenvalue weighted by atomic mass is 19.1. The van der Waals surface area contributed by atoms with Crippen LogP contribution in [-0.4, -0.2) is 24.6 Å². The third-order valence-electron chi connectivity index (χ3n) is 1.57. The van der Waals surface area contributed by atoms with E-state index in [1.165, 1.54) is 13.0 Å². The number of nitrogens with zero attached hydrogens (tertiary/aromatic N) is 2. The summed E-state index contributed by atoms with van der Waals surface area (Å²) in [6, 6.07) is 6.46. The van der Waals surface area contributed by atoms with Gasteiger partial charge in [-0.25, -0.2) is 4.98 Å². The average molecular weight is 224 g/mol. The molecule has 0 fully saturated rings. The zero-order valence-electron chi connectivity index (χ0n) is 9.63. The second-order valence-corrected chi connectivity index (χ2v) is 2.85. The predicted octanol–water partition coefficient (Wildman–Crippen LogP) is 1.77. The number of hydrogen-bond acceptors (Lipinski definition) is 4. The van der Waals surface area contributed by atoms with Crippen LogP contribution in [0, 0.1) is 17.3 Å². The maximum atomic E-state index is 12.6. The molecule has 0 spiro atoms. The third-order valence-corrected chi connectivity index (χ3v) is 1.57. The number of hydrogen-bond donors (Lipinski definition) is 2. The first kappa shape index (κ1) is 14.3. The Kier molecular flexibility index (Phi) is 8.84. The van der Waals surface area contributed by atoms with Crippen molar-refractivity contribution in [2.75, 3.05) is 25.0 Å². The van der Waals surface area contributed by atoms with E-state index in [1.807, 2.05) is 6.92 Å². The van der Waals surface area contributed by atoms with Gasteiger partial charge in [-0.05, 0) is 18.7 Å². The molecule has 88 valence electrons. The molecule has 16 heavy (non-hydrogen) atoms. The maximum Gasteiger partial charge on any atom is 0.214 e. The van der Waals surface area contributed by atoms with Crippen LogP contribution in [0.3, 0.4) is 0 Å². The number of pyridine rings is 1. The van der Waals surface area contributed by atoms with Crippen molar-refractivity contribution in [2.45, 2.75) is 13.8 Å². The van der Waals surface area contributed by atoms with Gasteiger partial charge in [0.25, 0.3) is 0 Å². The van der Waals surface area contributed by atoms with Gasteiger partial charge >= 0.3 is 0 Å². The van der Waals surface area contributed by atoms with Gasteiger partial charge in [-0.15, -0.1) is 0 Å². The highest BCUT2D eigenvalue weighted by Gasteiger charge is 1.93. The first-order valence-corrected chi connectivity index (χ1v) is 5.12. The molecule has 0 atom stereocenters. The van der Waals surface area contributed by atoms with Crippen molar-refractivity contribution in [3.63, 3.8) is 0 Å². The second-order valence-electron chi connectivity index (χ2n) is 2.85. The van der Waals surface area contributed by atoms with E-state index in [9.17, 15) is 4.39 Å². The minimum Gasteiger partial charge on any atom is -0.369 e. The fourth-order valence-electron chi connectivity index (χ4n) is 0.962. The summed E-state index contributed by atoms with van der Waals surface area (Å²) in [5.74, 6) is 0.131. The molecule has 0 radical (unpaired) electrons. The first-order chi connectivity index (χ1) is 7.74. The van der Waals surface area contributed by atoms with Crippen molar-refractivity contribution in [3.05, 3.63) is 24.1 Å². The monoisotopic (exact) mass is 224 g/mol. The lowest BCUT2D eigenvalue weighted by Crippen LogP contribution is -2.21. The first-order valence-electron chi connectivity index (χ1n) is 5.12. The number of nitrogens with one attached hydrogen (secondary N) is 2. The number of halogens is 1. The van der Waals surface area contributed by atoms with Gasteiger partial charge in [-0.2, -0.15) is 9.65 Å². The average Bonchev–Trinajstić information content (AvgIpc) is 2.26. The lowest BCUT2D eigenvalue weighted by Gasteiger charge is -2.04. The zero-order valence-corrected chi connectivity index (χ0v) is 9.63. The van der Waals surface area contributed by atoms with Gasteiger partial charge in [-0.1, -0.05) is 13.0 Å². The summed E-state index contributed by atoms with van der Waals surface area (Å²) in [4.78, 5) is 3.67. The molecule has 0 amide bonds. The molecule has 1 rings (SSSR count). The number of likely N-dealkylation sites (N-methyl/N-ethyl adjacent to an activating group) is 1. The zero-order chi connectivity index (χ0) is 12.2. The van der Waals surface area contributed by atoms with E-state index in [-0.39, 0.29) is 0 Å². The number of anilines is 1. The standard InChI is InChI=1S/C9H14FN3.C2H3N/c1-2-11-6-7-12-9-5-3-4-8(10)13-9;1-2-3/h3-5,11H,2,6-7H2,1H3,(H,12,13);1H3. The van der Waals surface area contributed by atoms with Crippen LogP contribution < -0.4 is 10.6 Å². The molecule has 0 aliphatic carbocycles. The Morgan fingerprint density at radius 3 is 2.69 bits per heavy atom. The van der Waals surface area contributed by atoms with E-state index in [0.29, 0.717) is 5.82 Å². The molecule has 0 saturated carbocycles. The minimum absolute atomic E-state index is 0.451. The third kappa shape index (κ3) is 7.71. The van der Waals surface area contributed by atoms with E-state index in [1.54, 1.807) is 18.2 Å². The van der Waals surface area contributed by atoms with Crippen LogP contribution in [0.2, 0.25) is 0 Å². The largest absolute Gasteiger partial charge is 0.369 e. The summed E-state index contributed by atoms with van der Waals surface area (Å²) in [5.41, 5.74) is 0. The Balaban J connectivity index is 0.000000673. The molecule has 0 bridgehead atoms. The van der Waals surface area contributed by atoms with Gasteiger partial charge in [0.1, 0.15) is 5.82 Å². The van der Waals surface area contributed by atoms with Crippen molar-refractivity contribution in [1.82, 2.24) is 10.3 Å². The molecular formula is C11H17FN4. The molecule has 2 N–H and O–H groups in total. The Morgan fingerprint density at radius 2 is 2.12 bits per heavy atom. The maximum absolute atomic E-state index is 12.6. The van der Waals surface area contributed by atoms with Gasteiger partial charge < -0.3 is 10.6 Å². The van der Waals surface area contributed by atoms with E-state index in [0.717, 1.165) is 19.6 Å². The summed E-state index contributed by atoms with van der Waals surface area (Å²) in [6.45, 7) is 6.03. The van der Waals surface area contributed by atoms with Crippen molar-refractivity contribution in [3.8, 4) is 6.07 Å². The van der Waals surface area contributed by atoms with Gasteiger partial charge in [0, 0.05) is 20.0 Å². The van der Waals surface area contributed by atoms with Gasteiger partial charge in [0.15, 0.2) is 0 Å². The summed E-state index contributed by atoms with van der Waals surface area (Å²) in [6.07, 6.45) is 0. The van der Waals surface area contributed by atoms with Crippen molar-refractivity contribution in [2.24, 2.45) is 0 Å². The van der Waals surface area contributed by atoms with Crippen LogP contribution in [0.5, 0.6) is 0 Å². The lowest BCUT2D eigenvalue weighted by molar-refractivity contribution is 0.585. The van der Waals surface area contributed by atoms with Gasteiger partial charge in [0.05, 0.1) is 6.07 Å². The molecule has 1 aromatic heterocycles. The van der Waals surface area contributed by atoms with Crippen LogP contribution in [0.1, 0.15) is 13.8 Å². The van der Waals surface area contributed by atoms with Crippen molar-refractivity contribution in [1.29, 1.82) is 5.26 Å². The molecule has 4 nitrogen and oxygen atoms in total. The molecule has 5 heteroatoms. The van der Waals surface area contributed by atoms with Crippen LogP contribution in [0.25, 0.3) is 0 Å². The molecule has 0 aliphatic rings. The SMILES string of the molecule is CC#N.CCNCCNc1cccc(F)n1. The Bertz CT molecular complexity index is 322. The highest BCUT2D eigenvalue weighted by molar-refractivity contribution is 5.33. The van der Waals surface area contributed by atoms with Crippen molar-refractivity contribution >= 4 is 5.82 Å². The Labute approximate surface area is 95.5 Å². The van der Waals surface area contributed by atoms with E-state index < -0.39 is 5.95 Å². The summed E-state index contributed by atoms with van der Waals surface area (Å²) in [7, 11) is 0. The fourth-order valence-corrected chi connectivity index (χ4v) is 0.962. The fraction of sp³-hybridized carbons (Fsp3) is 0.455. The number of nitriles is 1. The van der Waals surface area contributed by atoms with E-state index in [2.05, 4.69) is 15.6 Å². The molecular weight excluding hydrogens is 207 g/mol.